The van der Waals surface area contributed by atoms with Crippen molar-refractivity contribution in [2.24, 2.45) is 5.73 Å². The van der Waals surface area contributed by atoms with E-state index < -0.39 is 5.54 Å². The molecule has 5 N–H and O–H groups in total. The van der Waals surface area contributed by atoms with Crippen molar-refractivity contribution >= 4 is 17.4 Å². The molecule has 1 aromatic heterocycles. The lowest BCUT2D eigenvalue weighted by Crippen LogP contribution is -2.36. The molecular weight excluding hydrogens is 204 g/mol. The molecule has 1 aromatic rings. The Morgan fingerprint density at radius 2 is 2.19 bits per heavy atom. The van der Waals surface area contributed by atoms with Gasteiger partial charge in [0.05, 0.1) is 11.9 Å². The molecule has 0 unspecified atom stereocenters. The Balaban J connectivity index is 2.79. The maximum Gasteiger partial charge on any atom is 0.219 e. The first kappa shape index (κ1) is 12.3. The Hall–Kier alpha value is -1.78. The predicted octanol–water partition coefficient (Wildman–Crippen LogP) is 1.04. The van der Waals surface area contributed by atoms with E-state index in [1.165, 1.54) is 0 Å². The third-order valence-electron chi connectivity index (χ3n) is 2.23. The zero-order valence-corrected chi connectivity index (χ0v) is 9.87. The average molecular weight is 222 g/mol. The van der Waals surface area contributed by atoms with Crippen molar-refractivity contribution in [3.63, 3.8) is 0 Å². The van der Waals surface area contributed by atoms with Crippen LogP contribution in [0.1, 0.15) is 25.8 Å². The molecule has 0 aromatic carbocycles. The molecule has 5 heteroatoms. The maximum atomic E-state index is 10.9. The van der Waals surface area contributed by atoms with Gasteiger partial charge in [-0.25, -0.2) is 4.98 Å². The number of nitrogens with two attached hydrogens (primary N) is 2. The Morgan fingerprint density at radius 1 is 1.56 bits per heavy atom. The highest BCUT2D eigenvalue weighted by Gasteiger charge is 2.20. The topological polar surface area (TPSA) is 94.0 Å². The van der Waals surface area contributed by atoms with Crippen LogP contribution in [0, 0.1) is 6.92 Å². The zero-order chi connectivity index (χ0) is 12.3. The van der Waals surface area contributed by atoms with E-state index in [1.54, 1.807) is 6.20 Å². The summed E-state index contributed by atoms with van der Waals surface area (Å²) in [5, 5.41) is 3.15. The van der Waals surface area contributed by atoms with E-state index in [9.17, 15) is 4.79 Å². The number of hydrogen-bond donors (Lipinski definition) is 3. The number of primary amides is 1. The number of aromatic nitrogens is 1. The van der Waals surface area contributed by atoms with Crippen LogP contribution < -0.4 is 16.8 Å². The number of nitrogens with zero attached hydrogens (tertiary/aromatic N) is 1. The second-order valence-electron chi connectivity index (χ2n) is 4.58. The smallest absolute Gasteiger partial charge is 0.219 e. The third-order valence-corrected chi connectivity index (χ3v) is 2.23. The van der Waals surface area contributed by atoms with E-state index in [0.29, 0.717) is 11.5 Å². The molecule has 5 nitrogen and oxygen atoms in total. The van der Waals surface area contributed by atoms with Crippen LogP contribution >= 0.6 is 0 Å². The fourth-order valence-corrected chi connectivity index (χ4v) is 1.46. The van der Waals surface area contributed by atoms with Crippen molar-refractivity contribution in [3.8, 4) is 0 Å². The number of anilines is 2. The first-order valence-corrected chi connectivity index (χ1v) is 5.09. The highest BCUT2D eigenvalue weighted by molar-refractivity contribution is 5.75. The summed E-state index contributed by atoms with van der Waals surface area (Å²) in [6, 6.07) is 1.85. The molecule has 1 rings (SSSR count). The molecule has 0 fully saturated rings. The van der Waals surface area contributed by atoms with E-state index in [1.807, 2.05) is 26.8 Å². The number of nitrogens with one attached hydrogen (secondary N) is 1. The normalized spacial score (nSPS) is 11.2. The van der Waals surface area contributed by atoms with Gasteiger partial charge in [0.15, 0.2) is 0 Å². The van der Waals surface area contributed by atoms with Gasteiger partial charge in [-0.3, -0.25) is 4.79 Å². The van der Waals surface area contributed by atoms with E-state index in [2.05, 4.69) is 10.3 Å². The second kappa shape index (κ2) is 4.38. The van der Waals surface area contributed by atoms with Crippen LogP contribution in [0.3, 0.4) is 0 Å². The van der Waals surface area contributed by atoms with Gasteiger partial charge in [-0.2, -0.15) is 0 Å². The monoisotopic (exact) mass is 222 g/mol. The molecule has 0 atom stereocenters. The van der Waals surface area contributed by atoms with Crippen molar-refractivity contribution in [1.82, 2.24) is 4.98 Å². The standard InChI is InChI=1S/C11H18N4O/c1-7-4-10(14-6-8(7)12)15-11(2,3)5-9(13)16/h4,6H,5,12H2,1-3H3,(H2,13,16)(H,14,15). The van der Waals surface area contributed by atoms with Crippen molar-refractivity contribution in [2.75, 3.05) is 11.1 Å². The van der Waals surface area contributed by atoms with E-state index in [4.69, 9.17) is 11.5 Å². The lowest BCUT2D eigenvalue weighted by atomic mass is 10.0. The molecule has 1 heterocycles. The highest BCUT2D eigenvalue weighted by atomic mass is 16.1. The predicted molar refractivity (Wildman–Crippen MR) is 64.9 cm³/mol. The number of carbonyl (C=O) groups is 1. The SMILES string of the molecule is Cc1cc(NC(C)(C)CC(N)=O)ncc1N. The van der Waals surface area contributed by atoms with Crippen LogP contribution in [0.2, 0.25) is 0 Å². The van der Waals surface area contributed by atoms with Gasteiger partial charge in [0.25, 0.3) is 0 Å². The van der Waals surface area contributed by atoms with Gasteiger partial charge < -0.3 is 16.8 Å². The lowest BCUT2D eigenvalue weighted by Gasteiger charge is -2.25. The minimum absolute atomic E-state index is 0.248. The third kappa shape index (κ3) is 3.42. The summed E-state index contributed by atoms with van der Waals surface area (Å²) in [5.74, 6) is 0.350. The number of carbonyl (C=O) groups excluding carboxylic acids is 1. The maximum absolute atomic E-state index is 10.9. The van der Waals surface area contributed by atoms with E-state index in [-0.39, 0.29) is 12.3 Å². The van der Waals surface area contributed by atoms with Gasteiger partial charge >= 0.3 is 0 Å². The van der Waals surface area contributed by atoms with Gasteiger partial charge in [0.1, 0.15) is 5.82 Å². The van der Waals surface area contributed by atoms with E-state index >= 15 is 0 Å². The Labute approximate surface area is 95.2 Å². The van der Waals surface area contributed by atoms with Gasteiger partial charge in [0.2, 0.25) is 5.91 Å². The fraction of sp³-hybridized carbons (Fsp3) is 0.455. The molecule has 88 valence electrons. The van der Waals surface area contributed by atoms with Gasteiger partial charge in [-0.15, -0.1) is 0 Å². The Bertz CT molecular complexity index is 401. The largest absolute Gasteiger partial charge is 0.397 e. The average Bonchev–Trinajstić information content (AvgIpc) is 2.08. The molecular formula is C11H18N4O. The summed E-state index contributed by atoms with van der Waals surface area (Å²) in [5.41, 5.74) is 12.0. The summed E-state index contributed by atoms with van der Waals surface area (Å²) in [4.78, 5) is 15.0. The summed E-state index contributed by atoms with van der Waals surface area (Å²) >= 11 is 0. The second-order valence-corrected chi connectivity index (χ2v) is 4.58. The first-order valence-electron chi connectivity index (χ1n) is 5.09. The minimum Gasteiger partial charge on any atom is -0.397 e. The van der Waals surface area contributed by atoms with Crippen molar-refractivity contribution in [3.05, 3.63) is 17.8 Å². The van der Waals surface area contributed by atoms with Crippen LogP contribution in [0.4, 0.5) is 11.5 Å². The highest BCUT2D eigenvalue weighted by Crippen LogP contribution is 2.19. The number of pyridine rings is 1. The van der Waals surface area contributed by atoms with Crippen LogP contribution in [-0.4, -0.2) is 16.4 Å². The first-order chi connectivity index (χ1) is 7.30. The van der Waals surface area contributed by atoms with Crippen LogP contribution in [-0.2, 0) is 4.79 Å². The number of nitrogen functional groups attached to an aromatic ring is 1. The molecule has 1 amide bonds. The number of hydrogen-bond acceptors (Lipinski definition) is 4. The summed E-state index contributed by atoms with van der Waals surface area (Å²) in [6.07, 6.45) is 1.84. The summed E-state index contributed by atoms with van der Waals surface area (Å²) < 4.78 is 0. The van der Waals surface area contributed by atoms with Crippen LogP contribution in [0.5, 0.6) is 0 Å². The Kier molecular flexibility index (Phi) is 3.37. The van der Waals surface area contributed by atoms with Gasteiger partial charge in [-0.05, 0) is 32.4 Å². The van der Waals surface area contributed by atoms with Crippen molar-refractivity contribution < 1.29 is 4.79 Å². The minimum atomic E-state index is -0.415. The van der Waals surface area contributed by atoms with Crippen LogP contribution in [0.25, 0.3) is 0 Å². The van der Waals surface area contributed by atoms with Gasteiger partial charge in [0, 0.05) is 12.0 Å². The zero-order valence-electron chi connectivity index (χ0n) is 9.87. The van der Waals surface area contributed by atoms with E-state index in [0.717, 1.165) is 5.56 Å². The molecule has 0 aliphatic carbocycles. The van der Waals surface area contributed by atoms with Crippen molar-refractivity contribution in [2.45, 2.75) is 32.7 Å². The summed E-state index contributed by atoms with van der Waals surface area (Å²) in [7, 11) is 0. The quantitative estimate of drug-likeness (QED) is 0.709. The summed E-state index contributed by atoms with van der Waals surface area (Å²) in [6.45, 7) is 5.69. The van der Waals surface area contributed by atoms with Gasteiger partial charge in [-0.1, -0.05) is 0 Å². The molecule has 0 radical (unpaired) electrons. The number of amides is 1. The van der Waals surface area contributed by atoms with Crippen LogP contribution in [0.15, 0.2) is 12.3 Å². The molecule has 0 bridgehead atoms. The molecule has 0 saturated heterocycles. The molecule has 0 saturated carbocycles. The number of aryl methyl sites for hydroxylation is 1. The van der Waals surface area contributed by atoms with Crippen molar-refractivity contribution in [1.29, 1.82) is 0 Å². The molecule has 0 aliphatic rings. The molecule has 0 spiro atoms. The fourth-order valence-electron chi connectivity index (χ4n) is 1.46. The Morgan fingerprint density at radius 3 is 2.69 bits per heavy atom. The molecule has 0 aliphatic heterocycles. The number of rotatable bonds is 4. The molecule has 16 heavy (non-hydrogen) atoms. The lowest BCUT2D eigenvalue weighted by molar-refractivity contribution is -0.118.